The van der Waals surface area contributed by atoms with Crippen LogP contribution in [0.2, 0.25) is 0 Å². The lowest BCUT2D eigenvalue weighted by atomic mass is 9.95. The van der Waals surface area contributed by atoms with Gasteiger partial charge in [-0.25, -0.2) is 17.2 Å². The number of aryl methyl sites for hydroxylation is 1. The Balaban J connectivity index is 1.83. The van der Waals surface area contributed by atoms with Gasteiger partial charge in [0.05, 0.1) is 29.3 Å². The highest BCUT2D eigenvalue weighted by atomic mass is 32.2. The zero-order valence-corrected chi connectivity index (χ0v) is 15.3. The summed E-state index contributed by atoms with van der Waals surface area (Å²) in [6.45, 7) is 0.699. The van der Waals surface area contributed by atoms with Crippen LogP contribution in [-0.2, 0) is 19.4 Å². The molecule has 2 heterocycles. The second-order valence-corrected chi connectivity index (χ2v) is 9.24. The molecule has 0 bridgehead atoms. The summed E-state index contributed by atoms with van der Waals surface area (Å²) in [7, 11) is -3.99. The van der Waals surface area contributed by atoms with Gasteiger partial charge in [-0.05, 0) is 31.9 Å². The van der Waals surface area contributed by atoms with Crippen LogP contribution in [0, 0.1) is 18.8 Å². The minimum atomic E-state index is -3.99. The van der Waals surface area contributed by atoms with Crippen molar-refractivity contribution in [1.82, 2.24) is 15.1 Å². The van der Waals surface area contributed by atoms with Crippen molar-refractivity contribution in [2.45, 2.75) is 42.4 Å². The molecule has 1 aromatic rings. The summed E-state index contributed by atoms with van der Waals surface area (Å²) in [5.74, 6) is -7.45. The van der Waals surface area contributed by atoms with E-state index in [-0.39, 0.29) is 24.4 Å². The van der Waals surface area contributed by atoms with E-state index >= 15 is 0 Å². The Hall–Kier alpha value is -2.17. The number of likely N-dealkylation sites (tertiary alicyclic amines) is 1. The lowest BCUT2D eigenvalue weighted by Crippen LogP contribution is -2.39. The zero-order chi connectivity index (χ0) is 20.0. The van der Waals surface area contributed by atoms with Gasteiger partial charge < -0.3 is 10.0 Å². The van der Waals surface area contributed by atoms with Gasteiger partial charge in [-0.2, -0.15) is 5.10 Å². The van der Waals surface area contributed by atoms with Crippen LogP contribution in [0.25, 0.3) is 0 Å². The van der Waals surface area contributed by atoms with E-state index < -0.39 is 57.7 Å². The minimum absolute atomic E-state index is 0.171. The number of carboxylic acids is 1. The molecular formula is C16H19F2N3O5S. The van der Waals surface area contributed by atoms with Crippen LogP contribution in [0.3, 0.4) is 0 Å². The van der Waals surface area contributed by atoms with Gasteiger partial charge in [-0.3, -0.25) is 9.59 Å². The molecule has 1 amide bonds. The van der Waals surface area contributed by atoms with Crippen LogP contribution in [-0.4, -0.2) is 64.8 Å². The Morgan fingerprint density at radius 3 is 2.41 bits per heavy atom. The predicted octanol–water partition coefficient (Wildman–Crippen LogP) is 0.906. The van der Waals surface area contributed by atoms with E-state index in [2.05, 4.69) is 10.2 Å². The van der Waals surface area contributed by atoms with Gasteiger partial charge in [0.2, 0.25) is 5.91 Å². The molecule has 2 fully saturated rings. The van der Waals surface area contributed by atoms with Crippen molar-refractivity contribution in [2.24, 2.45) is 11.8 Å². The molecule has 148 valence electrons. The van der Waals surface area contributed by atoms with Crippen LogP contribution in [0.15, 0.2) is 17.2 Å². The second-order valence-electron chi connectivity index (χ2n) is 7.07. The number of alkyl halides is 2. The van der Waals surface area contributed by atoms with Crippen molar-refractivity contribution in [3.63, 3.8) is 0 Å². The molecule has 3 rings (SSSR count). The van der Waals surface area contributed by atoms with Gasteiger partial charge in [-0.1, -0.05) is 0 Å². The molecule has 2 aliphatic rings. The lowest BCUT2D eigenvalue weighted by Gasteiger charge is -2.22. The van der Waals surface area contributed by atoms with Crippen LogP contribution in [0.1, 0.15) is 25.0 Å². The van der Waals surface area contributed by atoms with Crippen molar-refractivity contribution >= 4 is 21.7 Å². The van der Waals surface area contributed by atoms with Crippen LogP contribution in [0.4, 0.5) is 8.78 Å². The van der Waals surface area contributed by atoms with E-state index in [0.29, 0.717) is 5.69 Å². The smallest absolute Gasteiger partial charge is 0.307 e. The molecule has 3 atom stereocenters. The average molecular weight is 403 g/mol. The van der Waals surface area contributed by atoms with Gasteiger partial charge in [0.15, 0.2) is 14.9 Å². The van der Waals surface area contributed by atoms with Crippen LogP contribution < -0.4 is 0 Å². The van der Waals surface area contributed by atoms with Gasteiger partial charge in [0, 0.05) is 13.0 Å². The molecule has 0 aromatic carbocycles. The second kappa shape index (κ2) is 6.77. The molecule has 11 heteroatoms. The normalized spacial score (nSPS) is 27.7. The van der Waals surface area contributed by atoms with Gasteiger partial charge >= 0.3 is 5.97 Å². The number of sulfone groups is 1. The fraction of sp³-hybridized carbons (Fsp3) is 0.625. The maximum absolute atomic E-state index is 13.4. The van der Waals surface area contributed by atoms with E-state index in [4.69, 9.17) is 0 Å². The summed E-state index contributed by atoms with van der Waals surface area (Å²) in [4.78, 5) is 25.1. The summed E-state index contributed by atoms with van der Waals surface area (Å²) in [6, 6.07) is 2.75. The molecule has 1 N–H and O–H groups in total. The quantitative estimate of drug-likeness (QED) is 0.794. The number of aliphatic carboxylic acids is 1. The Morgan fingerprint density at radius 1 is 1.22 bits per heavy atom. The fourth-order valence-corrected chi connectivity index (χ4v) is 5.33. The summed E-state index contributed by atoms with van der Waals surface area (Å²) < 4.78 is 52.3. The van der Waals surface area contributed by atoms with Crippen molar-refractivity contribution < 1.29 is 31.9 Å². The Bertz CT molecular complexity index is 859. The third-order valence-corrected chi connectivity index (χ3v) is 7.20. The molecule has 27 heavy (non-hydrogen) atoms. The third kappa shape index (κ3) is 3.78. The first-order chi connectivity index (χ1) is 12.5. The van der Waals surface area contributed by atoms with Gasteiger partial charge in [-0.15, -0.1) is 5.10 Å². The number of aromatic nitrogens is 2. The first kappa shape index (κ1) is 19.6. The van der Waals surface area contributed by atoms with E-state index in [1.165, 1.54) is 12.1 Å². The average Bonchev–Trinajstić information content (AvgIpc) is 3.18. The van der Waals surface area contributed by atoms with Crippen molar-refractivity contribution in [2.75, 3.05) is 13.1 Å². The zero-order valence-electron chi connectivity index (χ0n) is 14.5. The van der Waals surface area contributed by atoms with Crippen LogP contribution in [0.5, 0.6) is 0 Å². The monoisotopic (exact) mass is 403 g/mol. The number of carboxylic acid groups (broad SMARTS) is 1. The predicted molar refractivity (Wildman–Crippen MR) is 87.7 cm³/mol. The first-order valence-electron chi connectivity index (χ1n) is 8.45. The maximum Gasteiger partial charge on any atom is 0.307 e. The van der Waals surface area contributed by atoms with Gasteiger partial charge in [0.1, 0.15) is 0 Å². The summed E-state index contributed by atoms with van der Waals surface area (Å²) in [5.41, 5.74) is 0.520. The Kier molecular flexibility index (Phi) is 4.91. The van der Waals surface area contributed by atoms with Crippen molar-refractivity contribution in [3.8, 4) is 0 Å². The number of hydrogen-bond donors (Lipinski definition) is 1. The molecule has 1 aliphatic heterocycles. The number of carbonyl (C=O) groups excluding carboxylic acids is 1. The number of nitrogens with zero attached hydrogens (tertiary/aromatic N) is 3. The highest BCUT2D eigenvalue weighted by molar-refractivity contribution is 7.92. The molecular weight excluding hydrogens is 384 g/mol. The van der Waals surface area contributed by atoms with Gasteiger partial charge in [0.25, 0.3) is 5.92 Å². The SMILES string of the molecule is Cc1ccc(S(=O)(=O)[C@H]2C[C@@H](C(=O)O)[C@H](C(=O)N3CCC(F)(F)C3)C2)nn1. The van der Waals surface area contributed by atoms with Crippen molar-refractivity contribution in [3.05, 3.63) is 17.8 Å². The number of halogens is 2. The van der Waals surface area contributed by atoms with E-state index in [9.17, 15) is 31.9 Å². The molecule has 1 saturated heterocycles. The molecule has 8 nitrogen and oxygen atoms in total. The summed E-state index contributed by atoms with van der Waals surface area (Å²) in [6.07, 6.45) is -0.993. The number of carbonyl (C=O) groups is 2. The topological polar surface area (TPSA) is 118 Å². The molecule has 1 aromatic heterocycles. The van der Waals surface area contributed by atoms with E-state index in [0.717, 1.165) is 4.90 Å². The molecule has 0 spiro atoms. The standard InChI is InChI=1S/C16H19F2N3O5S/c1-9-2-3-13(20-19-9)27(25,26)10-6-11(12(7-10)15(23)24)14(22)21-5-4-16(17,18)8-21/h2-3,10-12H,4-8H2,1H3,(H,23,24)/t10-,11-,12-/m1/s1. The molecule has 1 aliphatic carbocycles. The fourth-order valence-electron chi connectivity index (χ4n) is 3.66. The lowest BCUT2D eigenvalue weighted by molar-refractivity contribution is -0.149. The molecule has 0 radical (unpaired) electrons. The first-order valence-corrected chi connectivity index (χ1v) is 9.99. The highest BCUT2D eigenvalue weighted by Gasteiger charge is 2.51. The molecule has 0 unspecified atom stereocenters. The molecule has 1 saturated carbocycles. The van der Waals surface area contributed by atoms with E-state index in [1.807, 2.05) is 0 Å². The number of hydrogen-bond acceptors (Lipinski definition) is 6. The van der Waals surface area contributed by atoms with E-state index in [1.54, 1.807) is 6.92 Å². The van der Waals surface area contributed by atoms with Crippen molar-refractivity contribution in [1.29, 1.82) is 0 Å². The Labute approximate surface area is 154 Å². The number of rotatable bonds is 4. The summed E-state index contributed by atoms with van der Waals surface area (Å²) >= 11 is 0. The Morgan fingerprint density at radius 2 is 1.89 bits per heavy atom. The third-order valence-electron chi connectivity index (χ3n) is 5.14. The highest BCUT2D eigenvalue weighted by Crippen LogP contribution is 2.40. The largest absolute Gasteiger partial charge is 0.481 e. The summed E-state index contributed by atoms with van der Waals surface area (Å²) in [5, 5.41) is 15.4. The minimum Gasteiger partial charge on any atom is -0.481 e. The number of amides is 1. The maximum atomic E-state index is 13.4. The van der Waals surface area contributed by atoms with Crippen LogP contribution >= 0.6 is 0 Å².